The molecule has 1 aliphatic heterocycles. The molecule has 0 aromatic heterocycles. The van der Waals surface area contributed by atoms with E-state index in [9.17, 15) is 0 Å². The molecule has 1 aliphatic rings. The Bertz CT molecular complexity index is 720. The lowest BCUT2D eigenvalue weighted by molar-refractivity contribution is -0.271. The fourth-order valence-electron chi connectivity index (χ4n) is 2.36. The fraction of sp³-hybridized carbons (Fsp3) is 0.333. The Hall–Kier alpha value is -1.46. The molecule has 0 amide bonds. The fourth-order valence-corrected chi connectivity index (χ4v) is 2.70. The van der Waals surface area contributed by atoms with Crippen LogP contribution in [0.3, 0.4) is 0 Å². The Morgan fingerprint density at radius 2 is 1.58 bits per heavy atom. The monoisotopic (exact) mass is 368 g/mol. The maximum Gasteiger partial charge on any atom is 0.263 e. The van der Waals surface area contributed by atoms with E-state index in [0.717, 1.165) is 11.1 Å². The van der Waals surface area contributed by atoms with Gasteiger partial charge in [-0.15, -0.1) is 0 Å². The molecular weight excluding hydrogens is 351 g/mol. The highest BCUT2D eigenvalue weighted by atomic mass is 35.5. The standard InChI is InChI=1S/C18H18Cl2O4/c1-11-10-14(4-5-15(11)20)23-17-18(22-8-7-21-17)24-16-6-3-13(19)9-12(16)2/h3-6,9-10,17-18H,7-8H2,1-2H3/t17-,18+/m0/s1. The van der Waals surface area contributed by atoms with Gasteiger partial charge in [-0.05, 0) is 61.4 Å². The third-order valence-corrected chi connectivity index (χ3v) is 4.29. The Labute approximate surface area is 151 Å². The van der Waals surface area contributed by atoms with Gasteiger partial charge < -0.3 is 18.9 Å². The molecule has 4 nitrogen and oxygen atoms in total. The van der Waals surface area contributed by atoms with Crippen molar-refractivity contribution in [1.29, 1.82) is 0 Å². The summed E-state index contributed by atoms with van der Waals surface area (Å²) in [6.45, 7) is 4.72. The maximum atomic E-state index is 6.04. The van der Waals surface area contributed by atoms with Crippen LogP contribution in [0.25, 0.3) is 0 Å². The van der Waals surface area contributed by atoms with Crippen molar-refractivity contribution >= 4 is 23.2 Å². The van der Waals surface area contributed by atoms with Crippen LogP contribution in [0, 0.1) is 13.8 Å². The van der Waals surface area contributed by atoms with Crippen LogP contribution in [0.15, 0.2) is 36.4 Å². The first-order chi connectivity index (χ1) is 11.5. The third-order valence-electron chi connectivity index (χ3n) is 3.63. The zero-order valence-corrected chi connectivity index (χ0v) is 14.9. The second-order valence-corrected chi connectivity index (χ2v) is 6.38. The molecule has 0 bridgehead atoms. The van der Waals surface area contributed by atoms with Crippen LogP contribution in [-0.4, -0.2) is 25.8 Å². The van der Waals surface area contributed by atoms with Crippen molar-refractivity contribution in [1.82, 2.24) is 0 Å². The van der Waals surface area contributed by atoms with E-state index in [1.807, 2.05) is 26.0 Å². The van der Waals surface area contributed by atoms with E-state index in [-0.39, 0.29) is 0 Å². The van der Waals surface area contributed by atoms with E-state index >= 15 is 0 Å². The highest BCUT2D eigenvalue weighted by molar-refractivity contribution is 6.31. The number of aryl methyl sites for hydroxylation is 2. The summed E-state index contributed by atoms with van der Waals surface area (Å²) in [6.07, 6.45) is -1.34. The predicted molar refractivity (Wildman–Crippen MR) is 93.1 cm³/mol. The number of benzene rings is 2. The minimum atomic E-state index is -0.672. The number of rotatable bonds is 4. The molecule has 0 aliphatic carbocycles. The summed E-state index contributed by atoms with van der Waals surface area (Å²) in [5, 5.41) is 1.35. The zero-order valence-electron chi connectivity index (χ0n) is 13.4. The van der Waals surface area contributed by atoms with Crippen molar-refractivity contribution < 1.29 is 18.9 Å². The Morgan fingerprint density at radius 1 is 0.875 bits per heavy atom. The lowest BCUT2D eigenvalue weighted by Crippen LogP contribution is -2.45. The topological polar surface area (TPSA) is 36.9 Å². The highest BCUT2D eigenvalue weighted by Gasteiger charge is 2.31. The molecule has 6 heteroatoms. The number of ether oxygens (including phenoxy) is 4. The Balaban J connectivity index is 1.74. The average Bonchev–Trinajstić information content (AvgIpc) is 2.55. The molecule has 24 heavy (non-hydrogen) atoms. The van der Waals surface area contributed by atoms with Crippen molar-refractivity contribution in [2.24, 2.45) is 0 Å². The van der Waals surface area contributed by atoms with Crippen LogP contribution in [0.2, 0.25) is 10.0 Å². The quantitative estimate of drug-likeness (QED) is 0.778. The Kier molecular flexibility index (Phi) is 5.51. The van der Waals surface area contributed by atoms with Crippen LogP contribution in [0.4, 0.5) is 0 Å². The molecule has 0 N–H and O–H groups in total. The highest BCUT2D eigenvalue weighted by Crippen LogP contribution is 2.27. The van der Waals surface area contributed by atoms with Crippen molar-refractivity contribution in [2.75, 3.05) is 13.2 Å². The summed E-state index contributed by atoms with van der Waals surface area (Å²) in [5.74, 6) is 1.32. The molecule has 2 aromatic rings. The van der Waals surface area contributed by atoms with Crippen LogP contribution < -0.4 is 9.47 Å². The minimum absolute atomic E-state index is 0.441. The number of hydrogen-bond acceptors (Lipinski definition) is 4. The zero-order chi connectivity index (χ0) is 17.1. The maximum absolute atomic E-state index is 6.04. The summed E-state index contributed by atoms with van der Waals surface area (Å²) >= 11 is 12.0. The first kappa shape index (κ1) is 17.4. The Morgan fingerprint density at radius 3 is 2.25 bits per heavy atom. The summed E-state index contributed by atoms with van der Waals surface area (Å²) in [5.41, 5.74) is 1.84. The van der Waals surface area contributed by atoms with Gasteiger partial charge in [-0.25, -0.2) is 0 Å². The molecule has 0 saturated carbocycles. The van der Waals surface area contributed by atoms with Gasteiger partial charge in [0.2, 0.25) is 0 Å². The van der Waals surface area contributed by atoms with Crippen molar-refractivity contribution in [3.05, 3.63) is 57.6 Å². The van der Waals surface area contributed by atoms with Gasteiger partial charge in [-0.1, -0.05) is 23.2 Å². The van der Waals surface area contributed by atoms with Crippen LogP contribution in [0.1, 0.15) is 11.1 Å². The summed E-state index contributed by atoms with van der Waals surface area (Å²) in [7, 11) is 0. The van der Waals surface area contributed by atoms with Crippen molar-refractivity contribution in [2.45, 2.75) is 26.4 Å². The first-order valence-corrected chi connectivity index (χ1v) is 8.37. The lowest BCUT2D eigenvalue weighted by Gasteiger charge is -2.32. The van der Waals surface area contributed by atoms with Crippen LogP contribution in [0.5, 0.6) is 11.5 Å². The van der Waals surface area contributed by atoms with Gasteiger partial charge in [0.05, 0.1) is 13.2 Å². The molecule has 3 rings (SSSR count). The second kappa shape index (κ2) is 7.62. The molecule has 0 unspecified atom stereocenters. The van der Waals surface area contributed by atoms with Gasteiger partial charge in [0, 0.05) is 10.0 Å². The molecule has 2 aromatic carbocycles. The van der Waals surface area contributed by atoms with Crippen molar-refractivity contribution in [3.8, 4) is 11.5 Å². The first-order valence-electron chi connectivity index (χ1n) is 7.62. The smallest absolute Gasteiger partial charge is 0.263 e. The predicted octanol–water partition coefficient (Wildman–Crippen LogP) is 4.77. The molecule has 1 fully saturated rings. The van der Waals surface area contributed by atoms with Gasteiger partial charge in [-0.3, -0.25) is 0 Å². The van der Waals surface area contributed by atoms with Gasteiger partial charge in [-0.2, -0.15) is 0 Å². The van der Waals surface area contributed by atoms with Gasteiger partial charge in [0.1, 0.15) is 11.5 Å². The largest absolute Gasteiger partial charge is 0.458 e. The van der Waals surface area contributed by atoms with Gasteiger partial charge >= 0.3 is 0 Å². The van der Waals surface area contributed by atoms with Crippen LogP contribution >= 0.6 is 23.2 Å². The van der Waals surface area contributed by atoms with Gasteiger partial charge in [0.25, 0.3) is 12.6 Å². The summed E-state index contributed by atoms with van der Waals surface area (Å²) in [4.78, 5) is 0. The number of halogens is 2. The van der Waals surface area contributed by atoms with E-state index in [0.29, 0.717) is 34.8 Å². The molecule has 1 saturated heterocycles. The minimum Gasteiger partial charge on any atom is -0.458 e. The third kappa shape index (κ3) is 4.14. The summed E-state index contributed by atoms with van der Waals surface area (Å²) < 4.78 is 23.1. The summed E-state index contributed by atoms with van der Waals surface area (Å²) in [6, 6.07) is 10.8. The van der Waals surface area contributed by atoms with Gasteiger partial charge in [0.15, 0.2) is 0 Å². The van der Waals surface area contributed by atoms with E-state index < -0.39 is 12.6 Å². The van der Waals surface area contributed by atoms with E-state index in [1.54, 1.807) is 24.3 Å². The van der Waals surface area contributed by atoms with E-state index in [4.69, 9.17) is 42.1 Å². The molecule has 1 heterocycles. The molecule has 2 atom stereocenters. The second-order valence-electron chi connectivity index (χ2n) is 5.53. The van der Waals surface area contributed by atoms with E-state index in [1.165, 1.54) is 0 Å². The van der Waals surface area contributed by atoms with Crippen molar-refractivity contribution in [3.63, 3.8) is 0 Å². The number of hydrogen-bond donors (Lipinski definition) is 0. The van der Waals surface area contributed by atoms with E-state index in [2.05, 4.69) is 0 Å². The van der Waals surface area contributed by atoms with Crippen LogP contribution in [-0.2, 0) is 9.47 Å². The lowest BCUT2D eigenvalue weighted by atomic mass is 10.2. The molecule has 0 radical (unpaired) electrons. The SMILES string of the molecule is Cc1cc(O[C@@H]2OCCO[C@@H]2Oc2ccc(Cl)cc2C)ccc1Cl. The normalized spacial score (nSPS) is 20.7. The molecule has 128 valence electrons. The average molecular weight is 369 g/mol. The molecular formula is C18H18Cl2O4. The molecule has 0 spiro atoms.